The van der Waals surface area contributed by atoms with Crippen LogP contribution in [-0.4, -0.2) is 52.1 Å². The minimum atomic E-state index is -0.565. The lowest BCUT2D eigenvalue weighted by Gasteiger charge is -2.51. The summed E-state index contributed by atoms with van der Waals surface area (Å²) in [6.45, 7) is 6.72. The highest BCUT2D eigenvalue weighted by molar-refractivity contribution is 5.99. The van der Waals surface area contributed by atoms with Crippen molar-refractivity contribution in [2.24, 2.45) is 0 Å². The smallest absolute Gasteiger partial charge is 0.410 e. The standard InChI is InChI=1S/C19H21FN4O3/c1-18(2,3)27-17(26)24-9-19(10-24)8-22-16(25)12-6-14(23-15(12)19)11-4-5-21-7-13(11)20/h4-7,23H,8-10H2,1-3H3,(H,22,25). The largest absolute Gasteiger partial charge is 0.444 e. The molecule has 2 amide bonds. The molecule has 2 N–H and O–H groups in total. The van der Waals surface area contributed by atoms with Crippen LogP contribution < -0.4 is 5.32 Å². The van der Waals surface area contributed by atoms with Gasteiger partial charge in [-0.15, -0.1) is 0 Å². The van der Waals surface area contributed by atoms with E-state index in [1.54, 1.807) is 17.0 Å². The van der Waals surface area contributed by atoms with Crippen LogP contribution in [0.4, 0.5) is 9.18 Å². The molecule has 0 unspecified atom stereocenters. The van der Waals surface area contributed by atoms with E-state index in [1.807, 2.05) is 20.8 Å². The van der Waals surface area contributed by atoms with Gasteiger partial charge in [0.25, 0.3) is 5.91 Å². The highest BCUT2D eigenvalue weighted by Crippen LogP contribution is 2.40. The molecule has 1 spiro atoms. The van der Waals surface area contributed by atoms with Crippen LogP contribution in [-0.2, 0) is 10.2 Å². The normalized spacial score (nSPS) is 17.9. The zero-order valence-electron chi connectivity index (χ0n) is 15.4. The number of H-pyrrole nitrogens is 1. The zero-order chi connectivity index (χ0) is 19.4. The molecule has 27 heavy (non-hydrogen) atoms. The molecule has 1 saturated heterocycles. The van der Waals surface area contributed by atoms with Gasteiger partial charge >= 0.3 is 6.09 Å². The Morgan fingerprint density at radius 1 is 1.33 bits per heavy atom. The van der Waals surface area contributed by atoms with Crippen molar-refractivity contribution in [3.8, 4) is 11.3 Å². The van der Waals surface area contributed by atoms with E-state index in [2.05, 4.69) is 15.3 Å². The summed E-state index contributed by atoms with van der Waals surface area (Å²) >= 11 is 0. The number of nitrogens with one attached hydrogen (secondary N) is 2. The highest BCUT2D eigenvalue weighted by Gasteiger charge is 2.52. The van der Waals surface area contributed by atoms with Crippen LogP contribution >= 0.6 is 0 Å². The quantitative estimate of drug-likeness (QED) is 0.805. The first-order valence-corrected chi connectivity index (χ1v) is 8.78. The Morgan fingerprint density at radius 2 is 2.07 bits per heavy atom. The van der Waals surface area contributed by atoms with Gasteiger partial charge in [-0.05, 0) is 32.9 Å². The van der Waals surface area contributed by atoms with Crippen LogP contribution in [0.1, 0.15) is 36.8 Å². The van der Waals surface area contributed by atoms with Crippen molar-refractivity contribution < 1.29 is 18.7 Å². The number of halogens is 1. The molecule has 0 bridgehead atoms. The Labute approximate surface area is 155 Å². The maximum atomic E-state index is 14.1. The Morgan fingerprint density at radius 3 is 2.74 bits per heavy atom. The summed E-state index contributed by atoms with van der Waals surface area (Å²) < 4.78 is 19.5. The van der Waals surface area contributed by atoms with Crippen LogP contribution in [0.15, 0.2) is 24.5 Å². The number of hydrogen-bond donors (Lipinski definition) is 2. The van der Waals surface area contributed by atoms with E-state index in [0.717, 1.165) is 11.9 Å². The molecule has 8 heteroatoms. The van der Waals surface area contributed by atoms with E-state index in [1.165, 1.54) is 6.20 Å². The lowest BCUT2D eigenvalue weighted by atomic mass is 9.73. The predicted octanol–water partition coefficient (Wildman–Crippen LogP) is 2.45. The fraction of sp³-hybridized carbons (Fsp3) is 0.421. The highest BCUT2D eigenvalue weighted by atomic mass is 19.1. The SMILES string of the molecule is CC(C)(C)OC(=O)N1CC2(CNC(=O)c3cc(-c4ccncc4F)[nH]c32)C1. The van der Waals surface area contributed by atoms with Gasteiger partial charge in [0.2, 0.25) is 0 Å². The van der Waals surface area contributed by atoms with Crippen LogP contribution in [0.5, 0.6) is 0 Å². The van der Waals surface area contributed by atoms with E-state index in [9.17, 15) is 14.0 Å². The number of carbonyl (C=O) groups excluding carboxylic acids is 2. The molecule has 0 saturated carbocycles. The zero-order valence-corrected chi connectivity index (χ0v) is 15.4. The second-order valence-corrected chi connectivity index (χ2v) is 8.13. The third kappa shape index (κ3) is 2.94. The first kappa shape index (κ1) is 17.5. The molecule has 0 aromatic carbocycles. The van der Waals surface area contributed by atoms with Gasteiger partial charge < -0.3 is 19.9 Å². The number of aromatic nitrogens is 2. The number of fused-ring (bicyclic) bond motifs is 2. The minimum Gasteiger partial charge on any atom is -0.444 e. The van der Waals surface area contributed by atoms with Gasteiger partial charge in [-0.25, -0.2) is 9.18 Å². The number of rotatable bonds is 1. The summed E-state index contributed by atoms with van der Waals surface area (Å²) in [5.74, 6) is -0.669. The maximum Gasteiger partial charge on any atom is 0.410 e. The third-order valence-electron chi connectivity index (χ3n) is 4.88. The van der Waals surface area contributed by atoms with Crippen LogP contribution in [0.2, 0.25) is 0 Å². The maximum absolute atomic E-state index is 14.1. The van der Waals surface area contributed by atoms with Gasteiger partial charge in [0, 0.05) is 42.8 Å². The van der Waals surface area contributed by atoms with Gasteiger partial charge in [0.1, 0.15) is 5.60 Å². The van der Waals surface area contributed by atoms with Gasteiger partial charge in [-0.2, -0.15) is 0 Å². The summed E-state index contributed by atoms with van der Waals surface area (Å²) in [5, 5.41) is 2.87. The van der Waals surface area contributed by atoms with Crippen molar-refractivity contribution >= 4 is 12.0 Å². The number of amides is 2. The number of aromatic amines is 1. The van der Waals surface area contributed by atoms with Crippen LogP contribution in [0, 0.1) is 5.82 Å². The molecule has 142 valence electrons. The number of nitrogens with zero attached hydrogens (tertiary/aromatic N) is 2. The molecule has 2 aromatic heterocycles. The Hall–Kier alpha value is -2.90. The minimum absolute atomic E-state index is 0.205. The fourth-order valence-electron chi connectivity index (χ4n) is 3.63. The lowest BCUT2D eigenvalue weighted by molar-refractivity contribution is -0.0113. The van der Waals surface area contributed by atoms with Gasteiger partial charge in [-0.3, -0.25) is 9.78 Å². The average molecular weight is 372 g/mol. The molecule has 4 rings (SSSR count). The molecule has 2 aliphatic heterocycles. The third-order valence-corrected chi connectivity index (χ3v) is 4.88. The molecule has 7 nitrogen and oxygen atoms in total. The molecule has 4 heterocycles. The number of likely N-dealkylation sites (tertiary alicyclic amines) is 1. The van der Waals surface area contributed by atoms with Gasteiger partial charge in [0.05, 0.1) is 17.2 Å². The topological polar surface area (TPSA) is 87.3 Å². The number of hydrogen-bond acceptors (Lipinski definition) is 4. The summed E-state index contributed by atoms with van der Waals surface area (Å²) in [5.41, 5.74) is 1.11. The van der Waals surface area contributed by atoms with Crippen LogP contribution in [0.25, 0.3) is 11.3 Å². The first-order valence-electron chi connectivity index (χ1n) is 8.78. The second-order valence-electron chi connectivity index (χ2n) is 8.13. The van der Waals surface area contributed by atoms with Crippen molar-refractivity contribution in [2.75, 3.05) is 19.6 Å². The number of pyridine rings is 1. The molecule has 2 aromatic rings. The molecule has 2 aliphatic rings. The van der Waals surface area contributed by atoms with Crippen LogP contribution in [0.3, 0.4) is 0 Å². The predicted molar refractivity (Wildman–Crippen MR) is 95.8 cm³/mol. The van der Waals surface area contributed by atoms with E-state index in [0.29, 0.717) is 36.5 Å². The van der Waals surface area contributed by atoms with E-state index in [-0.39, 0.29) is 12.0 Å². The number of carbonyl (C=O) groups is 2. The molecule has 0 atom stereocenters. The Balaban J connectivity index is 1.63. The van der Waals surface area contributed by atoms with E-state index in [4.69, 9.17) is 4.74 Å². The Kier molecular flexibility index (Phi) is 3.76. The second kappa shape index (κ2) is 5.80. The van der Waals surface area contributed by atoms with Crippen molar-refractivity contribution in [3.63, 3.8) is 0 Å². The first-order chi connectivity index (χ1) is 12.7. The van der Waals surface area contributed by atoms with Gasteiger partial charge in [-0.1, -0.05) is 0 Å². The Bertz CT molecular complexity index is 925. The average Bonchev–Trinajstić information content (AvgIpc) is 2.98. The summed E-state index contributed by atoms with van der Waals surface area (Å²) in [4.78, 5) is 33.1. The molecule has 0 radical (unpaired) electrons. The van der Waals surface area contributed by atoms with Crippen molar-refractivity contribution in [1.82, 2.24) is 20.2 Å². The summed E-state index contributed by atoms with van der Waals surface area (Å²) in [6.07, 6.45) is 2.26. The molecular formula is C19H21FN4O3. The monoisotopic (exact) mass is 372 g/mol. The number of ether oxygens (including phenoxy) is 1. The lowest BCUT2D eigenvalue weighted by Crippen LogP contribution is -2.67. The molecule has 0 aliphatic carbocycles. The van der Waals surface area contributed by atoms with Crippen molar-refractivity contribution in [1.29, 1.82) is 0 Å². The van der Waals surface area contributed by atoms with Gasteiger partial charge in [0.15, 0.2) is 5.82 Å². The molecular weight excluding hydrogens is 351 g/mol. The van der Waals surface area contributed by atoms with E-state index >= 15 is 0 Å². The fourth-order valence-corrected chi connectivity index (χ4v) is 3.63. The van der Waals surface area contributed by atoms with E-state index < -0.39 is 16.8 Å². The van der Waals surface area contributed by atoms with Crippen molar-refractivity contribution in [2.45, 2.75) is 31.8 Å². The molecule has 1 fully saturated rings. The van der Waals surface area contributed by atoms with Crippen molar-refractivity contribution in [3.05, 3.63) is 41.6 Å². The summed E-state index contributed by atoms with van der Waals surface area (Å²) in [6, 6.07) is 3.21. The summed E-state index contributed by atoms with van der Waals surface area (Å²) in [7, 11) is 0.